The molecule has 1 aliphatic rings. The van der Waals surface area contributed by atoms with Crippen molar-refractivity contribution >= 4 is 22.8 Å². The van der Waals surface area contributed by atoms with E-state index in [0.29, 0.717) is 23.7 Å². The third-order valence-corrected chi connectivity index (χ3v) is 5.05. The van der Waals surface area contributed by atoms with E-state index in [1.807, 2.05) is 12.1 Å². The Bertz CT molecular complexity index is 640. The molecule has 0 saturated heterocycles. The van der Waals surface area contributed by atoms with Gasteiger partial charge in [-0.3, -0.25) is 0 Å². The number of rotatable bonds is 4. The lowest BCUT2D eigenvalue weighted by Gasteiger charge is -2.22. The molecule has 1 saturated carbocycles. The van der Waals surface area contributed by atoms with Crippen LogP contribution >= 0.6 is 11.6 Å². The molecule has 114 valence electrons. The Morgan fingerprint density at radius 2 is 2.10 bits per heavy atom. The highest BCUT2D eigenvalue weighted by Gasteiger charge is 2.33. The summed E-state index contributed by atoms with van der Waals surface area (Å²) in [5.41, 5.74) is 1.86. The summed E-state index contributed by atoms with van der Waals surface area (Å²) in [7, 11) is 1.65. The van der Waals surface area contributed by atoms with E-state index >= 15 is 0 Å². The summed E-state index contributed by atoms with van der Waals surface area (Å²) in [4.78, 5) is 9.38. The highest BCUT2D eigenvalue weighted by Crippen LogP contribution is 2.41. The van der Waals surface area contributed by atoms with Crippen LogP contribution in [0, 0.1) is 11.8 Å². The number of halogens is 1. The van der Waals surface area contributed by atoms with E-state index in [-0.39, 0.29) is 0 Å². The smallest absolute Gasteiger partial charge is 0.215 e. The fourth-order valence-electron chi connectivity index (χ4n) is 3.43. The zero-order valence-corrected chi connectivity index (χ0v) is 13.6. The number of alkyl halides is 1. The molecule has 1 aliphatic carbocycles. The highest BCUT2D eigenvalue weighted by molar-refractivity contribution is 6.17. The molecule has 0 N–H and O–H groups in total. The van der Waals surface area contributed by atoms with E-state index in [4.69, 9.17) is 21.3 Å². The molecule has 5 heteroatoms. The molecule has 0 aromatic carbocycles. The molecule has 0 amide bonds. The average Bonchev–Trinajstić information content (AvgIpc) is 3.00. The van der Waals surface area contributed by atoms with E-state index in [0.717, 1.165) is 29.3 Å². The monoisotopic (exact) mass is 307 g/mol. The summed E-state index contributed by atoms with van der Waals surface area (Å²) in [6.45, 7) is 4.66. The zero-order valence-electron chi connectivity index (χ0n) is 12.8. The van der Waals surface area contributed by atoms with Crippen molar-refractivity contribution in [3.63, 3.8) is 0 Å². The number of methoxy groups -OCH3 is 1. The molecule has 3 rings (SSSR count). The van der Waals surface area contributed by atoms with E-state index in [2.05, 4.69) is 23.4 Å². The number of aryl methyl sites for hydroxylation is 1. The third kappa shape index (κ3) is 2.50. The van der Waals surface area contributed by atoms with E-state index in [1.165, 1.54) is 12.8 Å². The first-order chi connectivity index (χ1) is 10.2. The van der Waals surface area contributed by atoms with Crippen LogP contribution in [-0.2, 0) is 6.42 Å². The van der Waals surface area contributed by atoms with E-state index in [1.54, 1.807) is 7.11 Å². The molecule has 21 heavy (non-hydrogen) atoms. The molecule has 3 atom stereocenters. The summed E-state index contributed by atoms with van der Waals surface area (Å²) in [6, 6.07) is 4.31. The van der Waals surface area contributed by atoms with Gasteiger partial charge in [0.25, 0.3) is 0 Å². The number of nitrogens with zero attached hydrogens (tertiary/aromatic N) is 3. The van der Waals surface area contributed by atoms with Crippen LogP contribution in [0.4, 0.5) is 0 Å². The van der Waals surface area contributed by atoms with Crippen molar-refractivity contribution in [1.29, 1.82) is 0 Å². The van der Waals surface area contributed by atoms with Gasteiger partial charge in [0.2, 0.25) is 5.88 Å². The summed E-state index contributed by atoms with van der Waals surface area (Å²) in [5.74, 6) is 3.63. The summed E-state index contributed by atoms with van der Waals surface area (Å²) < 4.78 is 7.59. The third-order valence-electron chi connectivity index (χ3n) is 4.87. The Kier molecular flexibility index (Phi) is 4.07. The van der Waals surface area contributed by atoms with E-state index < -0.39 is 0 Å². The average molecular weight is 308 g/mol. The Labute approximate surface area is 130 Å². The van der Waals surface area contributed by atoms with Crippen LogP contribution in [0.25, 0.3) is 11.2 Å². The Balaban J connectivity index is 2.14. The molecule has 0 radical (unpaired) electrons. The van der Waals surface area contributed by atoms with Gasteiger partial charge in [-0.05, 0) is 30.7 Å². The van der Waals surface area contributed by atoms with Crippen LogP contribution in [0.5, 0.6) is 5.88 Å². The maximum absolute atomic E-state index is 5.97. The first kappa shape index (κ1) is 14.6. The normalized spacial score (nSPS) is 25.6. The van der Waals surface area contributed by atoms with Crippen LogP contribution in [-0.4, -0.2) is 27.5 Å². The molecule has 4 nitrogen and oxygen atoms in total. The summed E-state index contributed by atoms with van der Waals surface area (Å²) in [6.07, 6.45) is 3.22. The zero-order chi connectivity index (χ0) is 15.0. The maximum atomic E-state index is 5.97. The van der Waals surface area contributed by atoms with Gasteiger partial charge in [0.1, 0.15) is 11.3 Å². The highest BCUT2D eigenvalue weighted by atomic mass is 35.5. The van der Waals surface area contributed by atoms with Gasteiger partial charge in [0.15, 0.2) is 5.65 Å². The summed E-state index contributed by atoms with van der Waals surface area (Å²) in [5, 5.41) is 0. The Morgan fingerprint density at radius 3 is 2.71 bits per heavy atom. The molecule has 3 unspecified atom stereocenters. The van der Waals surface area contributed by atoms with Crippen molar-refractivity contribution in [2.24, 2.45) is 11.8 Å². The van der Waals surface area contributed by atoms with Crippen molar-refractivity contribution in [3.05, 3.63) is 18.0 Å². The van der Waals surface area contributed by atoms with Crippen molar-refractivity contribution in [2.45, 2.75) is 39.2 Å². The number of imidazole rings is 1. The minimum Gasteiger partial charge on any atom is -0.481 e. The minimum absolute atomic E-state index is 0.461. The molecule has 0 aliphatic heterocycles. The van der Waals surface area contributed by atoms with Gasteiger partial charge in [-0.1, -0.05) is 13.8 Å². The Hall–Kier alpha value is -1.29. The fraction of sp³-hybridized carbons (Fsp3) is 0.625. The number of hydrogen-bond donors (Lipinski definition) is 0. The first-order valence-electron chi connectivity index (χ1n) is 7.63. The van der Waals surface area contributed by atoms with Crippen LogP contribution in [0.3, 0.4) is 0 Å². The lowest BCUT2D eigenvalue weighted by Crippen LogP contribution is -2.17. The second kappa shape index (κ2) is 5.84. The fourth-order valence-corrected chi connectivity index (χ4v) is 3.60. The van der Waals surface area contributed by atoms with Gasteiger partial charge in [0.05, 0.1) is 7.11 Å². The van der Waals surface area contributed by atoms with Gasteiger partial charge < -0.3 is 9.30 Å². The van der Waals surface area contributed by atoms with Crippen molar-refractivity contribution in [3.8, 4) is 5.88 Å². The van der Waals surface area contributed by atoms with Crippen LogP contribution in [0.1, 0.15) is 38.6 Å². The van der Waals surface area contributed by atoms with Gasteiger partial charge in [-0.25, -0.2) is 4.98 Å². The number of fused-ring (bicyclic) bond motifs is 1. The predicted octanol–water partition coefficient (Wildman–Crippen LogP) is 3.83. The van der Waals surface area contributed by atoms with Crippen LogP contribution in [0.2, 0.25) is 0 Å². The number of aromatic nitrogens is 3. The molecule has 1 fully saturated rings. The lowest BCUT2D eigenvalue weighted by molar-refractivity contribution is 0.350. The molecule has 0 spiro atoms. The first-order valence-corrected chi connectivity index (χ1v) is 8.17. The van der Waals surface area contributed by atoms with E-state index in [9.17, 15) is 0 Å². The number of hydrogen-bond acceptors (Lipinski definition) is 3. The van der Waals surface area contributed by atoms with Gasteiger partial charge >= 0.3 is 0 Å². The van der Waals surface area contributed by atoms with Gasteiger partial charge in [-0.15, -0.1) is 11.6 Å². The second-order valence-electron chi connectivity index (χ2n) is 6.01. The van der Waals surface area contributed by atoms with Crippen molar-refractivity contribution in [2.75, 3.05) is 13.0 Å². The molecular formula is C16H22ClN3O. The summed E-state index contributed by atoms with van der Waals surface area (Å²) >= 11 is 5.97. The predicted molar refractivity (Wildman–Crippen MR) is 85.1 cm³/mol. The SMILES string of the molecule is COc1ccc2nc(CCCl)n(C3CCC(C)C3C)c2n1. The van der Waals surface area contributed by atoms with Crippen molar-refractivity contribution < 1.29 is 4.74 Å². The van der Waals surface area contributed by atoms with Crippen LogP contribution in [0.15, 0.2) is 12.1 Å². The standard InChI is InChI=1S/C16H22ClN3O/c1-10-4-6-13(11(10)2)20-14(8-9-17)18-12-5-7-15(21-3)19-16(12)20/h5,7,10-11,13H,4,6,8-9H2,1-3H3. The minimum atomic E-state index is 0.461. The topological polar surface area (TPSA) is 39.9 Å². The van der Waals surface area contributed by atoms with Gasteiger partial charge in [-0.2, -0.15) is 4.98 Å². The largest absolute Gasteiger partial charge is 0.481 e. The molecule has 2 aromatic heterocycles. The lowest BCUT2D eigenvalue weighted by atomic mass is 9.97. The molecule has 2 heterocycles. The molecule has 2 aromatic rings. The van der Waals surface area contributed by atoms with Crippen LogP contribution < -0.4 is 4.74 Å². The quantitative estimate of drug-likeness (QED) is 0.806. The number of ether oxygens (including phenoxy) is 1. The maximum Gasteiger partial charge on any atom is 0.215 e. The Morgan fingerprint density at radius 1 is 1.29 bits per heavy atom. The van der Waals surface area contributed by atoms with Gasteiger partial charge in [0, 0.05) is 24.4 Å². The van der Waals surface area contributed by atoms with Crippen molar-refractivity contribution in [1.82, 2.24) is 14.5 Å². The second-order valence-corrected chi connectivity index (χ2v) is 6.39. The molecular weight excluding hydrogens is 286 g/mol. The number of pyridine rings is 1. The molecule has 0 bridgehead atoms.